The number of carbonyl (C=O) groups excluding carboxylic acids is 1. The third kappa shape index (κ3) is 4.01. The van der Waals surface area contributed by atoms with E-state index in [-0.39, 0.29) is 24.6 Å². The van der Waals surface area contributed by atoms with Gasteiger partial charge in [-0.25, -0.2) is 4.79 Å². The molecule has 0 bridgehead atoms. The first-order valence-electron chi connectivity index (χ1n) is 8.03. The number of furan rings is 1. The fourth-order valence-corrected chi connectivity index (χ4v) is 2.80. The van der Waals surface area contributed by atoms with Crippen molar-refractivity contribution < 1.29 is 23.6 Å². The number of rotatable bonds is 7. The van der Waals surface area contributed by atoms with Crippen LogP contribution in [0.15, 0.2) is 21.1 Å². The molecule has 8 heteroatoms. The predicted molar refractivity (Wildman–Crippen MR) is 81.3 cm³/mol. The minimum atomic E-state index is -1.14. The Labute approximate surface area is 138 Å². The van der Waals surface area contributed by atoms with Gasteiger partial charge in [0.05, 0.1) is 6.54 Å². The Bertz CT molecular complexity index is 715. The minimum absolute atomic E-state index is 0.142. The number of carboxylic acids is 1. The first kappa shape index (κ1) is 16.2. The largest absolute Gasteiger partial charge is 0.475 e. The molecule has 0 unspecified atom stereocenters. The summed E-state index contributed by atoms with van der Waals surface area (Å²) in [6, 6.07) is 2.88. The van der Waals surface area contributed by atoms with Gasteiger partial charge >= 0.3 is 5.97 Å². The average Bonchev–Trinajstić information content (AvgIpc) is 3.31. The summed E-state index contributed by atoms with van der Waals surface area (Å²) >= 11 is 0. The number of hydrogen-bond donors (Lipinski definition) is 2. The van der Waals surface area contributed by atoms with Gasteiger partial charge in [0.1, 0.15) is 5.76 Å². The SMILES string of the molecule is O=C(CCc1nc(C2CCCC2)no1)NCc1ccc(C(=O)O)o1. The maximum absolute atomic E-state index is 11.8. The molecule has 0 saturated heterocycles. The molecule has 2 heterocycles. The number of nitrogens with zero attached hydrogens (tertiary/aromatic N) is 2. The molecular formula is C16H19N3O5. The highest BCUT2D eigenvalue weighted by atomic mass is 16.5. The fourth-order valence-electron chi connectivity index (χ4n) is 2.80. The van der Waals surface area contributed by atoms with Gasteiger partial charge in [0.15, 0.2) is 5.82 Å². The molecule has 1 amide bonds. The molecule has 3 rings (SSSR count). The lowest BCUT2D eigenvalue weighted by atomic mass is 10.1. The maximum Gasteiger partial charge on any atom is 0.371 e. The number of carbonyl (C=O) groups is 2. The molecule has 1 saturated carbocycles. The number of carboxylic acid groups (broad SMARTS) is 1. The van der Waals surface area contributed by atoms with Gasteiger partial charge in [-0.05, 0) is 25.0 Å². The van der Waals surface area contributed by atoms with E-state index < -0.39 is 5.97 Å². The van der Waals surface area contributed by atoms with E-state index >= 15 is 0 Å². The summed E-state index contributed by atoms with van der Waals surface area (Å²) < 4.78 is 10.3. The second-order valence-electron chi connectivity index (χ2n) is 5.88. The van der Waals surface area contributed by atoms with Gasteiger partial charge in [0, 0.05) is 18.8 Å². The summed E-state index contributed by atoms with van der Waals surface area (Å²) in [6.07, 6.45) is 5.20. The van der Waals surface area contributed by atoms with Crippen LogP contribution in [0, 0.1) is 0 Å². The number of aromatic carboxylic acids is 1. The topological polar surface area (TPSA) is 118 Å². The highest BCUT2D eigenvalue weighted by Crippen LogP contribution is 2.32. The van der Waals surface area contributed by atoms with Gasteiger partial charge in [-0.15, -0.1) is 0 Å². The standard InChI is InChI=1S/C16H19N3O5/c20-13(17-9-11-5-6-12(23-11)16(21)22)7-8-14-18-15(19-24-14)10-3-1-2-4-10/h5-6,10H,1-4,7-9H2,(H,17,20)(H,21,22). The van der Waals surface area contributed by atoms with Crippen molar-refractivity contribution in [3.63, 3.8) is 0 Å². The van der Waals surface area contributed by atoms with Gasteiger partial charge in [0.2, 0.25) is 17.6 Å². The van der Waals surface area contributed by atoms with Crippen molar-refractivity contribution in [1.29, 1.82) is 0 Å². The molecule has 24 heavy (non-hydrogen) atoms. The molecule has 1 fully saturated rings. The zero-order chi connectivity index (χ0) is 16.9. The third-order valence-corrected chi connectivity index (χ3v) is 4.10. The Morgan fingerprint density at radius 3 is 2.79 bits per heavy atom. The van der Waals surface area contributed by atoms with Crippen LogP contribution in [0.25, 0.3) is 0 Å². The number of amides is 1. The lowest BCUT2D eigenvalue weighted by Crippen LogP contribution is -2.22. The molecule has 0 aliphatic heterocycles. The van der Waals surface area contributed by atoms with Crippen LogP contribution >= 0.6 is 0 Å². The Hall–Kier alpha value is -2.64. The summed E-state index contributed by atoms with van der Waals surface area (Å²) in [5, 5.41) is 15.4. The number of nitrogens with one attached hydrogen (secondary N) is 1. The van der Waals surface area contributed by atoms with E-state index in [1.165, 1.54) is 25.0 Å². The van der Waals surface area contributed by atoms with Crippen LogP contribution in [0.2, 0.25) is 0 Å². The monoisotopic (exact) mass is 333 g/mol. The van der Waals surface area contributed by atoms with Crippen LogP contribution in [-0.4, -0.2) is 27.1 Å². The second-order valence-corrected chi connectivity index (χ2v) is 5.88. The summed E-state index contributed by atoms with van der Waals surface area (Å²) in [4.78, 5) is 26.9. The highest BCUT2D eigenvalue weighted by Gasteiger charge is 2.22. The van der Waals surface area contributed by atoms with Crippen LogP contribution < -0.4 is 5.32 Å². The summed E-state index contributed by atoms with van der Waals surface area (Å²) in [6.45, 7) is 0.142. The quantitative estimate of drug-likeness (QED) is 0.797. The van der Waals surface area contributed by atoms with Gasteiger partial charge in [-0.1, -0.05) is 18.0 Å². The lowest BCUT2D eigenvalue weighted by molar-refractivity contribution is -0.121. The van der Waals surface area contributed by atoms with Crippen molar-refractivity contribution in [2.75, 3.05) is 0 Å². The summed E-state index contributed by atoms with van der Waals surface area (Å²) in [5.41, 5.74) is 0. The van der Waals surface area contributed by atoms with Crippen molar-refractivity contribution in [2.45, 2.75) is 51.0 Å². The van der Waals surface area contributed by atoms with Crippen LogP contribution in [-0.2, 0) is 17.8 Å². The third-order valence-electron chi connectivity index (χ3n) is 4.10. The first-order valence-corrected chi connectivity index (χ1v) is 8.03. The molecule has 1 aliphatic rings. The molecule has 2 N–H and O–H groups in total. The van der Waals surface area contributed by atoms with Gasteiger partial charge < -0.3 is 19.4 Å². The van der Waals surface area contributed by atoms with E-state index in [0.717, 1.165) is 18.7 Å². The molecule has 2 aromatic rings. The number of hydrogen-bond acceptors (Lipinski definition) is 6. The normalized spacial score (nSPS) is 14.8. The lowest BCUT2D eigenvalue weighted by Gasteiger charge is -2.01. The van der Waals surface area contributed by atoms with E-state index in [1.54, 1.807) is 0 Å². The number of aryl methyl sites for hydroxylation is 1. The van der Waals surface area contributed by atoms with E-state index in [0.29, 0.717) is 24.0 Å². The first-order chi connectivity index (χ1) is 11.6. The Kier molecular flexibility index (Phi) is 4.93. The van der Waals surface area contributed by atoms with E-state index in [1.807, 2.05) is 0 Å². The van der Waals surface area contributed by atoms with Crippen molar-refractivity contribution in [1.82, 2.24) is 15.5 Å². The van der Waals surface area contributed by atoms with Gasteiger partial charge in [0.25, 0.3) is 0 Å². The van der Waals surface area contributed by atoms with Gasteiger partial charge in [-0.3, -0.25) is 4.79 Å². The molecule has 1 aliphatic carbocycles. The molecule has 0 spiro atoms. The van der Waals surface area contributed by atoms with Gasteiger partial charge in [-0.2, -0.15) is 4.98 Å². The fraction of sp³-hybridized carbons (Fsp3) is 0.500. The number of aromatic nitrogens is 2. The summed E-state index contributed by atoms with van der Waals surface area (Å²) in [5.74, 6) is 0.522. The minimum Gasteiger partial charge on any atom is -0.475 e. The second kappa shape index (κ2) is 7.29. The van der Waals surface area contributed by atoms with Crippen LogP contribution in [0.4, 0.5) is 0 Å². The van der Waals surface area contributed by atoms with Crippen molar-refractivity contribution in [3.8, 4) is 0 Å². The summed E-state index contributed by atoms with van der Waals surface area (Å²) in [7, 11) is 0. The Morgan fingerprint density at radius 2 is 2.08 bits per heavy atom. The Morgan fingerprint density at radius 1 is 1.29 bits per heavy atom. The zero-order valence-corrected chi connectivity index (χ0v) is 13.2. The average molecular weight is 333 g/mol. The molecular weight excluding hydrogens is 314 g/mol. The molecule has 8 nitrogen and oxygen atoms in total. The zero-order valence-electron chi connectivity index (χ0n) is 13.2. The van der Waals surface area contributed by atoms with Crippen LogP contribution in [0.3, 0.4) is 0 Å². The molecule has 0 atom stereocenters. The van der Waals surface area contributed by atoms with E-state index in [2.05, 4.69) is 15.5 Å². The molecule has 128 valence electrons. The van der Waals surface area contributed by atoms with Crippen molar-refractivity contribution >= 4 is 11.9 Å². The maximum atomic E-state index is 11.8. The molecule has 0 aromatic carbocycles. The Balaban J connectivity index is 1.42. The molecule has 2 aromatic heterocycles. The van der Waals surface area contributed by atoms with Crippen molar-refractivity contribution in [2.24, 2.45) is 0 Å². The highest BCUT2D eigenvalue weighted by molar-refractivity contribution is 5.84. The van der Waals surface area contributed by atoms with Crippen molar-refractivity contribution in [3.05, 3.63) is 35.4 Å². The van der Waals surface area contributed by atoms with Crippen LogP contribution in [0.1, 0.15) is 66.1 Å². The predicted octanol–water partition coefficient (Wildman–Crippen LogP) is 2.27. The van der Waals surface area contributed by atoms with E-state index in [4.69, 9.17) is 14.0 Å². The molecule has 0 radical (unpaired) electrons. The van der Waals surface area contributed by atoms with E-state index in [9.17, 15) is 9.59 Å². The van der Waals surface area contributed by atoms with Crippen LogP contribution in [0.5, 0.6) is 0 Å². The smallest absolute Gasteiger partial charge is 0.371 e.